The lowest BCUT2D eigenvalue weighted by atomic mass is 9.99. The largest absolute Gasteiger partial charge is 0.497 e. The predicted octanol–water partition coefficient (Wildman–Crippen LogP) is 5.53. The molecule has 262 valence electrons. The van der Waals surface area contributed by atoms with E-state index < -0.39 is 12.1 Å². The number of nitrogen functional groups attached to an aromatic ring is 1. The molecule has 12 heteroatoms. The Morgan fingerprint density at radius 3 is 2.36 bits per heavy atom. The van der Waals surface area contributed by atoms with Gasteiger partial charge in [0.05, 0.1) is 36.7 Å². The fourth-order valence-electron chi connectivity index (χ4n) is 5.74. The van der Waals surface area contributed by atoms with Crippen LogP contribution in [0.5, 0.6) is 11.5 Å². The molecule has 12 nitrogen and oxygen atoms in total. The highest BCUT2D eigenvalue weighted by Gasteiger charge is 2.33. The number of carbonyl (C=O) groups excluding carboxylic acids is 3. The molecule has 0 unspecified atom stereocenters. The molecule has 0 saturated carbocycles. The van der Waals surface area contributed by atoms with Crippen LogP contribution in [0.3, 0.4) is 0 Å². The van der Waals surface area contributed by atoms with E-state index in [1.165, 1.54) is 0 Å². The lowest BCUT2D eigenvalue weighted by Crippen LogP contribution is -2.49. The number of fused-ring (bicyclic) bond motifs is 1. The van der Waals surface area contributed by atoms with E-state index in [2.05, 4.69) is 20.9 Å². The van der Waals surface area contributed by atoms with E-state index in [1.54, 1.807) is 85.7 Å². The fraction of sp³-hybridized carbons (Fsp3) is 0.289. The van der Waals surface area contributed by atoms with Gasteiger partial charge < -0.3 is 41.2 Å². The van der Waals surface area contributed by atoms with E-state index in [-0.39, 0.29) is 30.4 Å². The van der Waals surface area contributed by atoms with E-state index in [1.807, 2.05) is 38.2 Å². The number of anilines is 4. The highest BCUT2D eigenvalue weighted by molar-refractivity contribution is 6.06. The van der Waals surface area contributed by atoms with Crippen LogP contribution in [0.15, 0.2) is 91.0 Å². The second kappa shape index (κ2) is 16.2. The Hall–Kier alpha value is -5.59. The number of nitrogens with zero attached hydrogens (tertiary/aromatic N) is 2. The highest BCUT2D eigenvalue weighted by atomic mass is 16.5. The van der Waals surface area contributed by atoms with Crippen molar-refractivity contribution < 1.29 is 29.0 Å². The summed E-state index contributed by atoms with van der Waals surface area (Å²) >= 11 is 0. The monoisotopic (exact) mass is 680 g/mol. The summed E-state index contributed by atoms with van der Waals surface area (Å²) in [6, 6.07) is 25.5. The Labute approximate surface area is 292 Å². The number of hydrogen-bond donors (Lipinski definition) is 5. The minimum Gasteiger partial charge on any atom is -0.497 e. The van der Waals surface area contributed by atoms with Crippen LogP contribution in [-0.4, -0.2) is 78.8 Å². The number of hydrogen-bond acceptors (Lipinski definition) is 8. The van der Waals surface area contributed by atoms with E-state index in [4.69, 9.17) is 15.2 Å². The van der Waals surface area contributed by atoms with Crippen LogP contribution >= 0.6 is 0 Å². The van der Waals surface area contributed by atoms with Crippen LogP contribution in [-0.2, 0) is 6.54 Å². The first-order valence-corrected chi connectivity index (χ1v) is 16.4. The molecule has 5 rings (SSSR count). The quantitative estimate of drug-likeness (QED) is 0.130. The van der Waals surface area contributed by atoms with Crippen molar-refractivity contribution in [1.29, 1.82) is 0 Å². The van der Waals surface area contributed by atoms with Crippen molar-refractivity contribution in [3.8, 4) is 11.5 Å². The Balaban J connectivity index is 1.27. The molecular weight excluding hydrogens is 636 g/mol. The number of rotatable bonds is 11. The minimum atomic E-state index is -0.474. The lowest BCUT2D eigenvalue weighted by Gasteiger charge is -2.38. The number of carbonyl (C=O) groups is 3. The predicted molar refractivity (Wildman–Crippen MR) is 195 cm³/mol. The molecule has 3 atom stereocenters. The molecule has 4 amide bonds. The van der Waals surface area contributed by atoms with Gasteiger partial charge in [0.1, 0.15) is 17.6 Å². The molecule has 0 saturated heterocycles. The van der Waals surface area contributed by atoms with Crippen molar-refractivity contribution in [2.24, 2.45) is 5.92 Å². The van der Waals surface area contributed by atoms with Gasteiger partial charge in [0.15, 0.2) is 0 Å². The van der Waals surface area contributed by atoms with Crippen LogP contribution in [0.2, 0.25) is 0 Å². The van der Waals surface area contributed by atoms with Crippen LogP contribution in [0.25, 0.3) is 0 Å². The molecule has 6 N–H and O–H groups in total. The molecular formula is C38H44N6O6. The molecule has 0 aromatic heterocycles. The Morgan fingerprint density at radius 1 is 1.00 bits per heavy atom. The highest BCUT2D eigenvalue weighted by Crippen LogP contribution is 2.31. The van der Waals surface area contributed by atoms with Crippen LogP contribution in [0.1, 0.15) is 40.1 Å². The zero-order valence-electron chi connectivity index (χ0n) is 28.7. The van der Waals surface area contributed by atoms with Crippen molar-refractivity contribution in [3.05, 3.63) is 108 Å². The van der Waals surface area contributed by atoms with Gasteiger partial charge in [-0.25, -0.2) is 4.79 Å². The van der Waals surface area contributed by atoms with E-state index in [0.29, 0.717) is 65.0 Å². The summed E-state index contributed by atoms with van der Waals surface area (Å²) in [6.45, 7) is 5.12. The summed E-state index contributed by atoms with van der Waals surface area (Å²) < 4.78 is 11.7. The van der Waals surface area contributed by atoms with Crippen LogP contribution in [0.4, 0.5) is 27.5 Å². The third kappa shape index (κ3) is 8.90. The average molecular weight is 681 g/mol. The zero-order chi connectivity index (χ0) is 35.8. The van der Waals surface area contributed by atoms with Crippen LogP contribution in [0, 0.1) is 5.92 Å². The summed E-state index contributed by atoms with van der Waals surface area (Å²) in [5, 5.41) is 18.4. The number of amides is 4. The number of likely N-dealkylation sites (N-methyl/N-ethyl adjacent to an activating group) is 1. The third-order valence-corrected chi connectivity index (χ3v) is 8.64. The first-order chi connectivity index (χ1) is 24.0. The number of ether oxygens (including phenoxy) is 2. The number of aliphatic hydroxyl groups is 1. The lowest BCUT2D eigenvalue weighted by molar-refractivity contribution is 0.0341. The molecule has 1 aliphatic rings. The molecule has 0 bridgehead atoms. The molecule has 0 aliphatic carbocycles. The Morgan fingerprint density at radius 2 is 1.68 bits per heavy atom. The number of urea groups is 1. The summed E-state index contributed by atoms with van der Waals surface area (Å²) in [4.78, 5) is 43.2. The molecule has 0 fully saturated rings. The second-order valence-electron chi connectivity index (χ2n) is 12.6. The minimum absolute atomic E-state index is 0.0758. The van der Waals surface area contributed by atoms with Gasteiger partial charge in [0.2, 0.25) is 0 Å². The van der Waals surface area contributed by atoms with Gasteiger partial charge in [-0.2, -0.15) is 0 Å². The van der Waals surface area contributed by atoms with Gasteiger partial charge >= 0.3 is 6.03 Å². The maximum absolute atomic E-state index is 13.8. The smallest absolute Gasteiger partial charge is 0.323 e. The molecule has 0 radical (unpaired) electrons. The van der Waals surface area contributed by atoms with Gasteiger partial charge in [0, 0.05) is 42.5 Å². The van der Waals surface area contributed by atoms with Gasteiger partial charge in [-0.15, -0.1) is 0 Å². The summed E-state index contributed by atoms with van der Waals surface area (Å²) in [5.74, 6) is 0.449. The number of nitrogens with one attached hydrogen (secondary N) is 3. The summed E-state index contributed by atoms with van der Waals surface area (Å²) in [7, 11) is 3.56. The molecule has 4 aromatic rings. The molecule has 0 spiro atoms. The molecule has 1 aliphatic heterocycles. The number of methoxy groups -OCH3 is 1. The number of para-hydroxylation sites is 2. The van der Waals surface area contributed by atoms with Crippen molar-refractivity contribution in [3.63, 3.8) is 0 Å². The van der Waals surface area contributed by atoms with Gasteiger partial charge in [-0.05, 0) is 86.3 Å². The zero-order valence-corrected chi connectivity index (χ0v) is 28.7. The van der Waals surface area contributed by atoms with Crippen LogP contribution < -0.4 is 31.2 Å². The number of nitrogens with two attached hydrogens (primary N) is 1. The average Bonchev–Trinajstić information content (AvgIpc) is 3.11. The van der Waals surface area contributed by atoms with Gasteiger partial charge in [-0.3, -0.25) is 14.5 Å². The van der Waals surface area contributed by atoms with E-state index in [0.717, 1.165) is 5.56 Å². The Bertz CT molecular complexity index is 1800. The topological polar surface area (TPSA) is 158 Å². The van der Waals surface area contributed by atoms with Gasteiger partial charge in [0.25, 0.3) is 11.8 Å². The fourth-order valence-corrected chi connectivity index (χ4v) is 5.74. The molecule has 50 heavy (non-hydrogen) atoms. The normalized spacial score (nSPS) is 16.4. The van der Waals surface area contributed by atoms with E-state index in [9.17, 15) is 19.5 Å². The third-order valence-electron chi connectivity index (χ3n) is 8.64. The van der Waals surface area contributed by atoms with Crippen molar-refractivity contribution in [2.45, 2.75) is 32.5 Å². The Kier molecular flexibility index (Phi) is 11.6. The van der Waals surface area contributed by atoms with Crippen molar-refractivity contribution in [2.75, 3.05) is 55.5 Å². The first kappa shape index (κ1) is 35.7. The number of benzene rings is 4. The number of aliphatic hydroxyl groups excluding tert-OH is 1. The van der Waals surface area contributed by atoms with Gasteiger partial charge in [-0.1, -0.05) is 31.2 Å². The maximum Gasteiger partial charge on any atom is 0.323 e. The SMILES string of the molecule is COc1ccc(NC(=O)Nc2ccc3c(c2)C(=O)N([C@@H](C)CO)C[C@@H](C)[C@@H](CN(C)Cc2ccc(C(=O)Nc4ccccc4N)cc2)O3)cc1. The first-order valence-electron chi connectivity index (χ1n) is 16.4. The maximum atomic E-state index is 13.8. The molecule has 4 aromatic carbocycles. The van der Waals surface area contributed by atoms with Crippen molar-refractivity contribution in [1.82, 2.24) is 9.80 Å². The summed E-state index contributed by atoms with van der Waals surface area (Å²) in [6.07, 6.45) is -0.307. The second-order valence-corrected chi connectivity index (χ2v) is 12.6. The standard InChI is InChI=1S/C38H44N6O6/c1-24-20-44(25(2)23-45)37(47)31-19-29(41-38(48)40-28-13-16-30(49-4)17-14-28)15-18-34(31)50-35(24)22-43(3)21-26-9-11-27(12-10-26)36(46)42-33-8-6-5-7-32(33)39/h5-19,24-25,35,45H,20-23,39H2,1-4H3,(H,42,46)(H2,40,41,48)/t24-,25+,35-/m1/s1. The van der Waals surface area contributed by atoms with Crippen molar-refractivity contribution >= 4 is 40.6 Å². The summed E-state index contributed by atoms with van der Waals surface area (Å²) in [5.41, 5.74) is 9.83. The van der Waals surface area contributed by atoms with E-state index >= 15 is 0 Å². The molecule has 1 heterocycles.